The molecule has 2 aliphatic rings. The second kappa shape index (κ2) is 6.45. The van der Waals surface area contributed by atoms with Crippen LogP contribution in [0.3, 0.4) is 0 Å². The summed E-state index contributed by atoms with van der Waals surface area (Å²) in [6, 6.07) is 8.34. The van der Waals surface area contributed by atoms with Gasteiger partial charge in [0, 0.05) is 34.2 Å². The Bertz CT molecular complexity index is 492. The summed E-state index contributed by atoms with van der Waals surface area (Å²) in [4.78, 5) is 2.70. The maximum atomic E-state index is 6.41. The van der Waals surface area contributed by atoms with Crippen molar-refractivity contribution in [1.82, 2.24) is 10.2 Å². The number of nitrogens with zero attached hydrogens (tertiary/aromatic N) is 1. The molecule has 0 aliphatic carbocycles. The third kappa shape index (κ3) is 3.10. The van der Waals surface area contributed by atoms with Crippen molar-refractivity contribution in [2.24, 2.45) is 0 Å². The van der Waals surface area contributed by atoms with Crippen LogP contribution in [0, 0.1) is 0 Å². The summed E-state index contributed by atoms with van der Waals surface area (Å²) >= 11 is 12.4. The van der Waals surface area contributed by atoms with E-state index < -0.39 is 0 Å². The van der Waals surface area contributed by atoms with Crippen LogP contribution in [-0.4, -0.2) is 29.6 Å². The molecule has 116 valence electrons. The molecular formula is C17H24Cl2N2. The normalized spacial score (nSPS) is 30.6. The highest BCUT2D eigenvalue weighted by molar-refractivity contribution is 6.35. The van der Waals surface area contributed by atoms with E-state index in [-0.39, 0.29) is 0 Å². The van der Waals surface area contributed by atoms with Crippen LogP contribution in [0.4, 0.5) is 0 Å². The smallest absolute Gasteiger partial charge is 0.0468 e. The average Bonchev–Trinajstić information content (AvgIpc) is 2.70. The van der Waals surface area contributed by atoms with Crippen molar-refractivity contribution < 1.29 is 0 Å². The van der Waals surface area contributed by atoms with Crippen LogP contribution in [0.25, 0.3) is 0 Å². The third-order valence-electron chi connectivity index (χ3n) is 5.14. The SMILES string of the molecule is CCNC1CC2CCC(C1)N2C(C)c1ccc(Cl)cc1Cl. The Balaban J connectivity index is 1.78. The molecule has 3 rings (SSSR count). The number of fused-ring (bicyclic) bond motifs is 2. The van der Waals surface area contributed by atoms with E-state index in [0.717, 1.165) is 11.6 Å². The van der Waals surface area contributed by atoms with Crippen LogP contribution < -0.4 is 5.32 Å². The lowest BCUT2D eigenvalue weighted by atomic mass is 9.93. The highest BCUT2D eigenvalue weighted by Crippen LogP contribution is 2.42. The number of nitrogens with one attached hydrogen (secondary N) is 1. The van der Waals surface area contributed by atoms with E-state index in [1.165, 1.54) is 31.2 Å². The predicted octanol–water partition coefficient (Wildman–Crippen LogP) is 4.66. The van der Waals surface area contributed by atoms with Gasteiger partial charge in [-0.25, -0.2) is 0 Å². The molecule has 2 nitrogen and oxygen atoms in total. The molecule has 3 atom stereocenters. The summed E-state index contributed by atoms with van der Waals surface area (Å²) in [7, 11) is 0. The minimum Gasteiger partial charge on any atom is -0.314 e. The first-order valence-corrected chi connectivity index (χ1v) is 8.81. The van der Waals surface area contributed by atoms with E-state index >= 15 is 0 Å². The zero-order valence-electron chi connectivity index (χ0n) is 12.8. The van der Waals surface area contributed by atoms with Gasteiger partial charge in [0.1, 0.15) is 0 Å². The fraction of sp³-hybridized carbons (Fsp3) is 0.647. The van der Waals surface area contributed by atoms with Gasteiger partial charge < -0.3 is 5.32 Å². The Labute approximate surface area is 137 Å². The molecule has 21 heavy (non-hydrogen) atoms. The molecule has 1 aromatic rings. The van der Waals surface area contributed by atoms with E-state index in [0.29, 0.717) is 29.2 Å². The summed E-state index contributed by atoms with van der Waals surface area (Å²) in [5, 5.41) is 5.14. The number of hydrogen-bond acceptors (Lipinski definition) is 2. The van der Waals surface area contributed by atoms with E-state index in [4.69, 9.17) is 23.2 Å². The first kappa shape index (κ1) is 15.6. The molecular weight excluding hydrogens is 303 g/mol. The minimum atomic E-state index is 0.370. The molecule has 2 heterocycles. The van der Waals surface area contributed by atoms with Gasteiger partial charge in [-0.05, 0) is 56.8 Å². The van der Waals surface area contributed by atoms with Gasteiger partial charge in [0.05, 0.1) is 0 Å². The number of hydrogen-bond donors (Lipinski definition) is 1. The summed E-state index contributed by atoms with van der Waals surface area (Å²) in [6.45, 7) is 5.56. The van der Waals surface area contributed by atoms with E-state index in [1.54, 1.807) is 0 Å². The molecule has 3 unspecified atom stereocenters. The quantitative estimate of drug-likeness (QED) is 0.865. The van der Waals surface area contributed by atoms with Gasteiger partial charge in [0.2, 0.25) is 0 Å². The van der Waals surface area contributed by atoms with Crippen LogP contribution in [0.2, 0.25) is 10.0 Å². The van der Waals surface area contributed by atoms with E-state index in [1.807, 2.05) is 12.1 Å². The standard InChI is InChI=1S/C17H24Cl2N2/c1-3-20-13-9-14-5-6-15(10-13)21(14)11(2)16-7-4-12(18)8-17(16)19/h4,7-8,11,13-15,20H,3,5-6,9-10H2,1-2H3. The van der Waals surface area contributed by atoms with Crippen molar-refractivity contribution in [3.05, 3.63) is 33.8 Å². The largest absolute Gasteiger partial charge is 0.314 e. The molecule has 0 spiro atoms. The lowest BCUT2D eigenvalue weighted by Gasteiger charge is -2.43. The first-order chi connectivity index (χ1) is 10.1. The highest BCUT2D eigenvalue weighted by Gasteiger charge is 2.43. The van der Waals surface area contributed by atoms with Crippen LogP contribution in [0.15, 0.2) is 18.2 Å². The summed E-state index contributed by atoms with van der Waals surface area (Å²) in [5.74, 6) is 0. The fourth-order valence-corrected chi connectivity index (χ4v) is 4.87. The Morgan fingerprint density at radius 3 is 2.48 bits per heavy atom. The van der Waals surface area contributed by atoms with Crippen LogP contribution in [-0.2, 0) is 0 Å². The van der Waals surface area contributed by atoms with Crippen LogP contribution in [0.1, 0.15) is 51.1 Å². The van der Waals surface area contributed by atoms with Gasteiger partial charge in [-0.15, -0.1) is 0 Å². The lowest BCUT2D eigenvalue weighted by Crippen LogP contribution is -2.49. The molecule has 2 saturated heterocycles. The predicted molar refractivity (Wildman–Crippen MR) is 90.2 cm³/mol. The Morgan fingerprint density at radius 1 is 1.24 bits per heavy atom. The van der Waals surface area contributed by atoms with Crippen molar-refractivity contribution >= 4 is 23.2 Å². The molecule has 1 N–H and O–H groups in total. The zero-order valence-corrected chi connectivity index (χ0v) is 14.3. The molecule has 4 heteroatoms. The second-order valence-corrected chi connectivity index (χ2v) is 7.24. The molecule has 2 fully saturated rings. The first-order valence-electron chi connectivity index (χ1n) is 8.06. The molecule has 0 amide bonds. The van der Waals surface area contributed by atoms with Gasteiger partial charge in [-0.3, -0.25) is 4.90 Å². The molecule has 0 aromatic heterocycles. The number of benzene rings is 1. The molecule has 0 saturated carbocycles. The Morgan fingerprint density at radius 2 is 1.90 bits per heavy atom. The van der Waals surface area contributed by atoms with Gasteiger partial charge in [-0.2, -0.15) is 0 Å². The molecule has 2 bridgehead atoms. The second-order valence-electron chi connectivity index (χ2n) is 6.40. The maximum absolute atomic E-state index is 6.41. The van der Waals surface area contributed by atoms with Crippen LogP contribution in [0.5, 0.6) is 0 Å². The number of halogens is 2. The van der Waals surface area contributed by atoms with E-state index in [9.17, 15) is 0 Å². The van der Waals surface area contributed by atoms with Crippen molar-refractivity contribution in [3.63, 3.8) is 0 Å². The van der Waals surface area contributed by atoms with Gasteiger partial charge in [-0.1, -0.05) is 36.2 Å². The van der Waals surface area contributed by atoms with Crippen molar-refractivity contribution in [3.8, 4) is 0 Å². The van der Waals surface area contributed by atoms with Crippen molar-refractivity contribution in [2.75, 3.05) is 6.54 Å². The van der Waals surface area contributed by atoms with Gasteiger partial charge in [0.15, 0.2) is 0 Å². The van der Waals surface area contributed by atoms with Gasteiger partial charge in [0.25, 0.3) is 0 Å². The topological polar surface area (TPSA) is 15.3 Å². The molecule has 1 aromatic carbocycles. The zero-order chi connectivity index (χ0) is 15.0. The van der Waals surface area contributed by atoms with Crippen molar-refractivity contribution in [2.45, 2.75) is 63.7 Å². The molecule has 2 aliphatic heterocycles. The fourth-order valence-electron chi connectivity index (χ4n) is 4.30. The van der Waals surface area contributed by atoms with Crippen molar-refractivity contribution in [1.29, 1.82) is 0 Å². The monoisotopic (exact) mass is 326 g/mol. The van der Waals surface area contributed by atoms with Gasteiger partial charge >= 0.3 is 0 Å². The summed E-state index contributed by atoms with van der Waals surface area (Å²) in [6.07, 6.45) is 5.17. The third-order valence-corrected chi connectivity index (χ3v) is 5.70. The van der Waals surface area contributed by atoms with E-state index in [2.05, 4.69) is 30.1 Å². The minimum absolute atomic E-state index is 0.370. The number of piperidine rings is 1. The highest BCUT2D eigenvalue weighted by atomic mass is 35.5. The Kier molecular flexibility index (Phi) is 4.80. The van der Waals surface area contributed by atoms with Crippen LogP contribution >= 0.6 is 23.2 Å². The summed E-state index contributed by atoms with van der Waals surface area (Å²) < 4.78 is 0. The lowest BCUT2D eigenvalue weighted by molar-refractivity contribution is 0.0776. The summed E-state index contributed by atoms with van der Waals surface area (Å²) in [5.41, 5.74) is 1.21. The average molecular weight is 327 g/mol. The Hall–Kier alpha value is -0.280. The number of rotatable bonds is 4. The molecule has 0 radical (unpaired) electrons. The maximum Gasteiger partial charge on any atom is 0.0468 e.